The van der Waals surface area contributed by atoms with E-state index < -0.39 is 0 Å². The number of carbonyl (C=O) groups excluding carboxylic acids is 1. The van der Waals surface area contributed by atoms with Crippen molar-refractivity contribution in [3.63, 3.8) is 0 Å². The predicted octanol–water partition coefficient (Wildman–Crippen LogP) is 3.62. The summed E-state index contributed by atoms with van der Waals surface area (Å²) in [5, 5.41) is 14.7. The van der Waals surface area contributed by atoms with Crippen molar-refractivity contribution in [3.8, 4) is 5.69 Å². The summed E-state index contributed by atoms with van der Waals surface area (Å²) in [7, 11) is 0. The van der Waals surface area contributed by atoms with Gasteiger partial charge in [0, 0.05) is 21.8 Å². The van der Waals surface area contributed by atoms with Crippen molar-refractivity contribution >= 4 is 40.9 Å². The van der Waals surface area contributed by atoms with Gasteiger partial charge in [-0.05, 0) is 58.5 Å². The third-order valence-electron chi connectivity index (χ3n) is 3.13. The number of nitrogens with zero attached hydrogens (tertiary/aromatic N) is 4. The standard InChI is InChI=1S/C16H11Cl2N5O/c17-12-3-1-11(15(18)9-12)2-8-16(24)20-13-4-6-14(7-5-13)23-10-19-21-22-23/h1-10H,(H,20,24). The zero-order chi connectivity index (χ0) is 16.9. The van der Waals surface area contributed by atoms with Crippen LogP contribution in [0.5, 0.6) is 0 Å². The van der Waals surface area contributed by atoms with Crippen LogP contribution in [0.15, 0.2) is 54.9 Å². The predicted molar refractivity (Wildman–Crippen MR) is 93.3 cm³/mol. The zero-order valence-electron chi connectivity index (χ0n) is 12.2. The molecule has 0 spiro atoms. The molecule has 1 aromatic heterocycles. The fourth-order valence-corrected chi connectivity index (χ4v) is 2.43. The van der Waals surface area contributed by atoms with Crippen molar-refractivity contribution in [1.82, 2.24) is 20.2 Å². The van der Waals surface area contributed by atoms with Gasteiger partial charge < -0.3 is 5.32 Å². The summed E-state index contributed by atoms with van der Waals surface area (Å²) in [5.74, 6) is -0.267. The van der Waals surface area contributed by atoms with E-state index in [1.807, 2.05) is 0 Å². The van der Waals surface area contributed by atoms with Crippen LogP contribution in [0.1, 0.15) is 5.56 Å². The van der Waals surface area contributed by atoms with E-state index in [1.54, 1.807) is 48.5 Å². The maximum Gasteiger partial charge on any atom is 0.248 e. The minimum Gasteiger partial charge on any atom is -0.323 e. The lowest BCUT2D eigenvalue weighted by atomic mass is 10.2. The first kappa shape index (κ1) is 16.2. The first-order chi connectivity index (χ1) is 11.6. The van der Waals surface area contributed by atoms with E-state index in [9.17, 15) is 4.79 Å². The first-order valence-corrected chi connectivity index (χ1v) is 7.65. The van der Waals surface area contributed by atoms with Crippen molar-refractivity contribution in [1.29, 1.82) is 0 Å². The van der Waals surface area contributed by atoms with Crippen LogP contribution >= 0.6 is 23.2 Å². The lowest BCUT2D eigenvalue weighted by molar-refractivity contribution is -0.111. The second-order valence-corrected chi connectivity index (χ2v) is 5.63. The fraction of sp³-hybridized carbons (Fsp3) is 0. The molecule has 0 saturated carbocycles. The molecular weight excluding hydrogens is 349 g/mol. The average Bonchev–Trinajstić information content (AvgIpc) is 3.09. The van der Waals surface area contributed by atoms with E-state index >= 15 is 0 Å². The van der Waals surface area contributed by atoms with Crippen LogP contribution in [-0.4, -0.2) is 26.1 Å². The van der Waals surface area contributed by atoms with Gasteiger partial charge in [-0.25, -0.2) is 4.68 Å². The number of benzene rings is 2. The van der Waals surface area contributed by atoms with Crippen molar-refractivity contribution in [2.45, 2.75) is 0 Å². The van der Waals surface area contributed by atoms with E-state index in [4.69, 9.17) is 23.2 Å². The van der Waals surface area contributed by atoms with E-state index in [0.29, 0.717) is 21.3 Å². The minimum atomic E-state index is -0.267. The van der Waals surface area contributed by atoms with Gasteiger partial charge in [0.1, 0.15) is 6.33 Å². The molecule has 8 heteroatoms. The molecule has 0 atom stereocenters. The van der Waals surface area contributed by atoms with Gasteiger partial charge in [-0.2, -0.15) is 0 Å². The Hall–Kier alpha value is -2.70. The Labute approximate surface area is 147 Å². The molecule has 3 aromatic rings. The van der Waals surface area contributed by atoms with E-state index in [2.05, 4.69) is 20.8 Å². The molecule has 0 saturated heterocycles. The zero-order valence-corrected chi connectivity index (χ0v) is 13.7. The Morgan fingerprint density at radius 3 is 2.58 bits per heavy atom. The molecule has 24 heavy (non-hydrogen) atoms. The van der Waals surface area contributed by atoms with Crippen LogP contribution in [0.3, 0.4) is 0 Å². The van der Waals surface area contributed by atoms with Gasteiger partial charge in [0.2, 0.25) is 5.91 Å². The summed E-state index contributed by atoms with van der Waals surface area (Å²) in [6, 6.07) is 12.2. The van der Waals surface area contributed by atoms with E-state index in [0.717, 1.165) is 5.69 Å². The second-order valence-electron chi connectivity index (χ2n) is 4.79. The molecule has 0 aliphatic rings. The van der Waals surface area contributed by atoms with Crippen LogP contribution in [0.2, 0.25) is 10.0 Å². The van der Waals surface area contributed by atoms with E-state index in [1.165, 1.54) is 17.1 Å². The average molecular weight is 360 g/mol. The van der Waals surface area contributed by atoms with Crippen LogP contribution in [0.25, 0.3) is 11.8 Å². The molecule has 0 fully saturated rings. The van der Waals surface area contributed by atoms with Gasteiger partial charge in [-0.1, -0.05) is 29.3 Å². The molecule has 0 radical (unpaired) electrons. The maximum atomic E-state index is 12.0. The molecule has 2 aromatic carbocycles. The molecule has 0 aliphatic heterocycles. The number of nitrogens with one attached hydrogen (secondary N) is 1. The number of tetrazole rings is 1. The van der Waals surface area contributed by atoms with Crippen LogP contribution < -0.4 is 5.32 Å². The highest BCUT2D eigenvalue weighted by molar-refractivity contribution is 6.35. The smallest absolute Gasteiger partial charge is 0.248 e. The summed E-state index contributed by atoms with van der Waals surface area (Å²) in [6.45, 7) is 0. The topological polar surface area (TPSA) is 72.7 Å². The van der Waals surface area contributed by atoms with E-state index in [-0.39, 0.29) is 5.91 Å². The molecule has 3 rings (SSSR count). The Morgan fingerprint density at radius 2 is 1.92 bits per heavy atom. The van der Waals surface area contributed by atoms with Crippen molar-refractivity contribution in [2.24, 2.45) is 0 Å². The van der Waals surface area contributed by atoms with Crippen molar-refractivity contribution in [2.75, 3.05) is 5.32 Å². The number of anilines is 1. The summed E-state index contributed by atoms with van der Waals surface area (Å²) in [4.78, 5) is 12.0. The number of rotatable bonds is 4. The minimum absolute atomic E-state index is 0.267. The molecule has 0 unspecified atom stereocenters. The number of aromatic nitrogens is 4. The van der Waals surface area contributed by atoms with Gasteiger partial charge >= 0.3 is 0 Å². The normalized spacial score (nSPS) is 10.9. The monoisotopic (exact) mass is 359 g/mol. The highest BCUT2D eigenvalue weighted by Crippen LogP contribution is 2.22. The Kier molecular flexibility index (Phi) is 4.88. The first-order valence-electron chi connectivity index (χ1n) is 6.89. The third-order valence-corrected chi connectivity index (χ3v) is 3.69. The van der Waals surface area contributed by atoms with Crippen LogP contribution in [-0.2, 0) is 4.79 Å². The SMILES string of the molecule is O=C(C=Cc1ccc(Cl)cc1Cl)Nc1ccc(-n2cnnn2)cc1. The quantitative estimate of drug-likeness (QED) is 0.722. The molecule has 120 valence electrons. The molecule has 1 amide bonds. The fourth-order valence-electron chi connectivity index (χ4n) is 1.96. The second kappa shape index (κ2) is 7.25. The highest BCUT2D eigenvalue weighted by atomic mass is 35.5. The lowest BCUT2D eigenvalue weighted by Gasteiger charge is -2.04. The molecule has 1 heterocycles. The number of hydrogen-bond donors (Lipinski definition) is 1. The van der Waals surface area contributed by atoms with Crippen molar-refractivity contribution < 1.29 is 4.79 Å². The van der Waals surface area contributed by atoms with Gasteiger partial charge in [0.05, 0.1) is 5.69 Å². The highest BCUT2D eigenvalue weighted by Gasteiger charge is 2.02. The Balaban J connectivity index is 1.65. The number of hydrogen-bond acceptors (Lipinski definition) is 4. The van der Waals surface area contributed by atoms with Gasteiger partial charge in [0.15, 0.2) is 0 Å². The lowest BCUT2D eigenvalue weighted by Crippen LogP contribution is -2.07. The van der Waals surface area contributed by atoms with Gasteiger partial charge in [-0.15, -0.1) is 5.10 Å². The van der Waals surface area contributed by atoms with Gasteiger partial charge in [-0.3, -0.25) is 4.79 Å². The summed E-state index contributed by atoms with van der Waals surface area (Å²) < 4.78 is 1.52. The molecular formula is C16H11Cl2N5O. The maximum absolute atomic E-state index is 12.0. The summed E-state index contributed by atoms with van der Waals surface area (Å²) in [6.07, 6.45) is 4.53. The van der Waals surface area contributed by atoms with Crippen LogP contribution in [0, 0.1) is 0 Å². The molecule has 0 aliphatic carbocycles. The third kappa shape index (κ3) is 3.98. The van der Waals surface area contributed by atoms with Gasteiger partial charge in [0.25, 0.3) is 0 Å². The Morgan fingerprint density at radius 1 is 1.12 bits per heavy atom. The molecule has 6 nitrogen and oxygen atoms in total. The number of carbonyl (C=O) groups is 1. The molecule has 1 N–H and O–H groups in total. The molecule has 0 bridgehead atoms. The Bertz CT molecular complexity index is 876. The summed E-state index contributed by atoms with van der Waals surface area (Å²) in [5.41, 5.74) is 2.16. The van der Waals surface area contributed by atoms with Crippen molar-refractivity contribution in [3.05, 3.63) is 70.5 Å². The summed E-state index contributed by atoms with van der Waals surface area (Å²) >= 11 is 11.9. The van der Waals surface area contributed by atoms with Crippen LogP contribution in [0.4, 0.5) is 5.69 Å². The number of amides is 1. The largest absolute Gasteiger partial charge is 0.323 e. The number of halogens is 2.